The van der Waals surface area contributed by atoms with E-state index in [4.69, 9.17) is 4.52 Å². The van der Waals surface area contributed by atoms with Crippen molar-refractivity contribution >= 4 is 5.91 Å². The molecule has 3 aromatic rings. The lowest BCUT2D eigenvalue weighted by molar-refractivity contribution is 0.0788. The van der Waals surface area contributed by atoms with Gasteiger partial charge in [0.05, 0.1) is 23.5 Å². The minimum atomic E-state index is 0.000122. The zero-order chi connectivity index (χ0) is 17.1. The predicted molar refractivity (Wildman–Crippen MR) is 89.4 cm³/mol. The van der Waals surface area contributed by atoms with Crippen LogP contribution in [0.15, 0.2) is 29.0 Å². The lowest BCUT2D eigenvalue weighted by Gasteiger charge is -2.14. The predicted octanol–water partition coefficient (Wildman–Crippen LogP) is 2.69. The first-order chi connectivity index (χ1) is 12.1. The molecule has 3 heterocycles. The number of aryl methyl sites for hydroxylation is 1. The zero-order valence-electron chi connectivity index (χ0n) is 14.1. The first kappa shape index (κ1) is 14.4. The molecule has 5 rings (SSSR count). The molecule has 7 nitrogen and oxygen atoms in total. The van der Waals surface area contributed by atoms with E-state index < -0.39 is 0 Å². The number of rotatable bonds is 2. The van der Waals surface area contributed by atoms with Crippen LogP contribution in [0.2, 0.25) is 0 Å². The van der Waals surface area contributed by atoms with Crippen LogP contribution in [0.25, 0.3) is 17.2 Å². The lowest BCUT2D eigenvalue weighted by atomic mass is 10.1. The largest absolute Gasteiger partial charge is 0.339 e. The van der Waals surface area contributed by atoms with Gasteiger partial charge in [-0.1, -0.05) is 16.8 Å². The van der Waals surface area contributed by atoms with Crippen LogP contribution in [0.1, 0.15) is 46.3 Å². The van der Waals surface area contributed by atoms with E-state index in [0.29, 0.717) is 35.4 Å². The Morgan fingerprint density at radius 2 is 2.12 bits per heavy atom. The lowest BCUT2D eigenvalue weighted by Crippen LogP contribution is -2.25. The van der Waals surface area contributed by atoms with Crippen LogP contribution in [0.5, 0.6) is 0 Å². The number of benzene rings is 1. The smallest absolute Gasteiger partial charge is 0.256 e. The number of aromatic nitrogens is 4. The highest BCUT2D eigenvalue weighted by Crippen LogP contribution is 2.40. The van der Waals surface area contributed by atoms with Gasteiger partial charge in [0.1, 0.15) is 12.0 Å². The second kappa shape index (κ2) is 5.02. The number of nitrogens with zero attached hydrogens (tertiary/aromatic N) is 5. The molecule has 25 heavy (non-hydrogen) atoms. The molecule has 0 saturated heterocycles. The molecular formula is C18H17N5O2. The van der Waals surface area contributed by atoms with Crippen LogP contribution in [0, 0.1) is 6.92 Å². The van der Waals surface area contributed by atoms with Crippen LogP contribution in [0.4, 0.5) is 0 Å². The molecule has 2 aromatic heterocycles. The summed E-state index contributed by atoms with van der Waals surface area (Å²) in [5.41, 5.74) is 4.12. The molecule has 0 bridgehead atoms. The molecule has 0 radical (unpaired) electrons. The first-order valence-electron chi connectivity index (χ1n) is 8.38. The number of imidazole rings is 1. The van der Waals surface area contributed by atoms with E-state index in [2.05, 4.69) is 15.1 Å². The number of hydrogen-bond donors (Lipinski definition) is 0. The number of fused-ring (bicyclic) bond motifs is 3. The molecule has 0 unspecified atom stereocenters. The summed E-state index contributed by atoms with van der Waals surface area (Å²) in [5.74, 6) is 1.58. The molecule has 7 heteroatoms. The molecule has 1 amide bonds. The first-order valence-corrected chi connectivity index (χ1v) is 8.38. The molecule has 0 N–H and O–H groups in total. The Morgan fingerprint density at radius 3 is 2.92 bits per heavy atom. The molecule has 0 spiro atoms. The normalized spacial score (nSPS) is 16.6. The fourth-order valence-electron chi connectivity index (χ4n) is 3.28. The van der Waals surface area contributed by atoms with Crippen molar-refractivity contribution in [3.05, 3.63) is 47.2 Å². The summed E-state index contributed by atoms with van der Waals surface area (Å²) in [5, 5.41) is 4.11. The maximum absolute atomic E-state index is 12.7. The van der Waals surface area contributed by atoms with Crippen LogP contribution in [0.3, 0.4) is 0 Å². The second-order valence-corrected chi connectivity index (χ2v) is 6.82. The van der Waals surface area contributed by atoms with Gasteiger partial charge in [-0.2, -0.15) is 4.98 Å². The van der Waals surface area contributed by atoms with Crippen molar-refractivity contribution in [3.8, 4) is 17.2 Å². The Balaban J connectivity index is 1.67. The fourth-order valence-corrected chi connectivity index (χ4v) is 3.28. The third-order valence-electron chi connectivity index (χ3n) is 4.82. The maximum Gasteiger partial charge on any atom is 0.256 e. The van der Waals surface area contributed by atoms with Gasteiger partial charge in [0, 0.05) is 13.0 Å². The van der Waals surface area contributed by atoms with E-state index in [1.165, 1.54) is 0 Å². The summed E-state index contributed by atoms with van der Waals surface area (Å²) < 4.78 is 7.33. The topological polar surface area (TPSA) is 77.1 Å². The molecule has 1 aliphatic carbocycles. The third kappa shape index (κ3) is 2.19. The highest BCUT2D eigenvalue weighted by atomic mass is 16.5. The van der Waals surface area contributed by atoms with E-state index in [-0.39, 0.29) is 5.91 Å². The molecule has 126 valence electrons. The van der Waals surface area contributed by atoms with Crippen molar-refractivity contribution in [2.45, 2.75) is 32.2 Å². The van der Waals surface area contributed by atoms with Crippen LogP contribution in [-0.4, -0.2) is 37.5 Å². The Kier molecular flexibility index (Phi) is 2.89. The average molecular weight is 335 g/mol. The minimum absolute atomic E-state index is 0.000122. The number of amides is 1. The Hall–Kier alpha value is -2.96. The molecule has 1 fully saturated rings. The molecule has 2 aliphatic rings. The minimum Gasteiger partial charge on any atom is -0.339 e. The van der Waals surface area contributed by atoms with Gasteiger partial charge in [-0.25, -0.2) is 4.98 Å². The molecular weight excluding hydrogens is 318 g/mol. The summed E-state index contributed by atoms with van der Waals surface area (Å²) in [4.78, 5) is 23.5. The van der Waals surface area contributed by atoms with Gasteiger partial charge in [0.25, 0.3) is 5.91 Å². The van der Waals surface area contributed by atoms with Crippen molar-refractivity contribution in [1.29, 1.82) is 0 Å². The van der Waals surface area contributed by atoms with Gasteiger partial charge in [0.2, 0.25) is 11.7 Å². The molecule has 1 aromatic carbocycles. The van der Waals surface area contributed by atoms with Gasteiger partial charge >= 0.3 is 0 Å². The summed E-state index contributed by atoms with van der Waals surface area (Å²) >= 11 is 0. The molecule has 1 aliphatic heterocycles. The van der Waals surface area contributed by atoms with E-state index >= 15 is 0 Å². The van der Waals surface area contributed by atoms with Crippen molar-refractivity contribution in [2.24, 2.45) is 0 Å². The molecule has 1 saturated carbocycles. The Morgan fingerprint density at radius 1 is 1.28 bits per heavy atom. The Labute approximate surface area is 144 Å². The van der Waals surface area contributed by atoms with Gasteiger partial charge in [-0.15, -0.1) is 0 Å². The quantitative estimate of drug-likeness (QED) is 0.719. The highest BCUT2D eigenvalue weighted by molar-refractivity contribution is 5.98. The van der Waals surface area contributed by atoms with E-state index in [1.54, 1.807) is 18.3 Å². The summed E-state index contributed by atoms with van der Waals surface area (Å²) in [6.45, 7) is 2.42. The molecule has 0 atom stereocenters. The van der Waals surface area contributed by atoms with Gasteiger partial charge < -0.3 is 9.42 Å². The van der Waals surface area contributed by atoms with Crippen molar-refractivity contribution < 1.29 is 9.32 Å². The third-order valence-corrected chi connectivity index (χ3v) is 4.82. The highest BCUT2D eigenvalue weighted by Gasteiger charge is 2.32. The SMILES string of the molecule is Cc1ccc2c(c1)C(=O)N(C)Cc1c(-c3noc(C4CC4)n3)ncn1-2. The van der Waals surface area contributed by atoms with Gasteiger partial charge in [-0.3, -0.25) is 9.36 Å². The van der Waals surface area contributed by atoms with E-state index in [0.717, 1.165) is 29.8 Å². The summed E-state index contributed by atoms with van der Waals surface area (Å²) in [6, 6.07) is 5.88. The zero-order valence-corrected chi connectivity index (χ0v) is 14.1. The van der Waals surface area contributed by atoms with Gasteiger partial charge in [-0.05, 0) is 31.9 Å². The summed E-state index contributed by atoms with van der Waals surface area (Å²) in [6.07, 6.45) is 3.94. The Bertz CT molecular complexity index is 999. The number of carbonyl (C=O) groups is 1. The van der Waals surface area contributed by atoms with Crippen molar-refractivity contribution in [2.75, 3.05) is 7.05 Å². The maximum atomic E-state index is 12.7. The van der Waals surface area contributed by atoms with Crippen LogP contribution in [-0.2, 0) is 6.54 Å². The number of hydrogen-bond acceptors (Lipinski definition) is 5. The number of carbonyl (C=O) groups excluding carboxylic acids is 1. The standard InChI is InChI=1S/C18H17N5O2/c1-10-3-6-13-12(7-10)18(24)22(2)8-14-15(19-9-23(13)14)16-20-17(25-21-16)11-4-5-11/h3,6-7,9,11H,4-5,8H2,1-2H3. The van der Waals surface area contributed by atoms with Gasteiger partial charge in [0.15, 0.2) is 0 Å². The van der Waals surface area contributed by atoms with Crippen molar-refractivity contribution in [3.63, 3.8) is 0 Å². The van der Waals surface area contributed by atoms with Crippen LogP contribution >= 0.6 is 0 Å². The monoisotopic (exact) mass is 335 g/mol. The van der Waals surface area contributed by atoms with Crippen molar-refractivity contribution in [1.82, 2.24) is 24.6 Å². The van der Waals surface area contributed by atoms with E-state index in [1.807, 2.05) is 29.7 Å². The van der Waals surface area contributed by atoms with Crippen LogP contribution < -0.4 is 0 Å². The second-order valence-electron chi connectivity index (χ2n) is 6.82. The average Bonchev–Trinajstić information content (AvgIpc) is 3.22. The van der Waals surface area contributed by atoms with E-state index in [9.17, 15) is 4.79 Å². The fraction of sp³-hybridized carbons (Fsp3) is 0.333. The summed E-state index contributed by atoms with van der Waals surface area (Å²) in [7, 11) is 1.80.